The van der Waals surface area contributed by atoms with Crippen LogP contribution < -0.4 is 10.5 Å². The molecule has 0 radical (unpaired) electrons. The van der Waals surface area contributed by atoms with Crippen molar-refractivity contribution >= 4 is 11.5 Å². The number of ether oxygens (including phenoxy) is 1. The molecule has 3 N–H and O–H groups in total. The molecule has 1 fully saturated rings. The van der Waals surface area contributed by atoms with E-state index in [0.29, 0.717) is 17.2 Å². The molecule has 1 aliphatic heterocycles. The summed E-state index contributed by atoms with van der Waals surface area (Å²) in [7, 11) is 0. The third kappa shape index (κ3) is 1.55. The van der Waals surface area contributed by atoms with Gasteiger partial charge in [0.2, 0.25) is 0 Å². The highest BCUT2D eigenvalue weighted by Crippen LogP contribution is 2.59. The molecule has 2 aliphatic carbocycles. The largest absolute Gasteiger partial charge is 0.455 e. The highest BCUT2D eigenvalue weighted by molar-refractivity contribution is 6.11. The molecular weight excluding hydrogens is 324 g/mol. The number of fused-ring (bicyclic) bond motifs is 5. The Morgan fingerprint density at radius 3 is 2.72 bits per heavy atom. The van der Waals surface area contributed by atoms with Gasteiger partial charge in [-0.25, -0.2) is 0 Å². The van der Waals surface area contributed by atoms with E-state index in [2.05, 4.69) is 0 Å². The Morgan fingerprint density at radius 2 is 2.04 bits per heavy atom. The van der Waals surface area contributed by atoms with Crippen molar-refractivity contribution in [1.29, 1.82) is 0 Å². The fraction of sp³-hybridized carbons (Fsp3) is 0.278. The van der Waals surface area contributed by atoms with Crippen LogP contribution >= 0.6 is 0 Å². The van der Waals surface area contributed by atoms with Crippen molar-refractivity contribution in [3.05, 3.63) is 68.8 Å². The van der Waals surface area contributed by atoms with E-state index in [4.69, 9.17) is 10.5 Å². The normalized spacial score (nSPS) is 29.0. The van der Waals surface area contributed by atoms with E-state index in [9.17, 15) is 20.0 Å². The lowest BCUT2D eigenvalue weighted by molar-refractivity contribution is -0.388. The van der Waals surface area contributed by atoms with Gasteiger partial charge in [0.15, 0.2) is 11.3 Å². The lowest BCUT2D eigenvalue weighted by Crippen LogP contribution is -2.55. The van der Waals surface area contributed by atoms with Gasteiger partial charge in [-0.05, 0) is 30.4 Å². The van der Waals surface area contributed by atoms with Crippen LogP contribution in [0.1, 0.15) is 45.8 Å². The zero-order chi connectivity index (χ0) is 17.6. The summed E-state index contributed by atoms with van der Waals surface area (Å²) in [6.45, 7) is 0. The number of aliphatic hydroxyl groups is 1. The predicted octanol–water partition coefficient (Wildman–Crippen LogP) is 2.06. The molecule has 25 heavy (non-hydrogen) atoms. The maximum Gasteiger partial charge on any atom is 0.280 e. The number of nitrogens with two attached hydrogens (primary N) is 1. The second-order valence-electron chi connectivity index (χ2n) is 6.87. The first-order valence-electron chi connectivity index (χ1n) is 8.05. The van der Waals surface area contributed by atoms with Gasteiger partial charge < -0.3 is 15.6 Å². The molecule has 2 unspecified atom stereocenters. The fourth-order valence-electron chi connectivity index (χ4n) is 4.02. The zero-order valence-electron chi connectivity index (χ0n) is 13.1. The first kappa shape index (κ1) is 14.6. The van der Waals surface area contributed by atoms with Crippen LogP contribution in [0, 0.1) is 10.1 Å². The quantitative estimate of drug-likeness (QED) is 0.639. The summed E-state index contributed by atoms with van der Waals surface area (Å²) >= 11 is 0. The summed E-state index contributed by atoms with van der Waals surface area (Å²) in [4.78, 5) is 23.8. The van der Waals surface area contributed by atoms with Crippen molar-refractivity contribution < 1.29 is 19.6 Å². The van der Waals surface area contributed by atoms with Gasteiger partial charge in [-0.15, -0.1) is 0 Å². The SMILES string of the molecule is NC12C(=O)c3cccc([N+](=O)[O-])c3C1(O)Oc1cc(C3CC3)ccc12. The number of rotatable bonds is 2. The summed E-state index contributed by atoms with van der Waals surface area (Å²) in [6.07, 6.45) is 2.17. The average molecular weight is 338 g/mol. The molecule has 2 aromatic carbocycles. The van der Waals surface area contributed by atoms with Gasteiger partial charge in [-0.3, -0.25) is 14.9 Å². The summed E-state index contributed by atoms with van der Waals surface area (Å²) in [6, 6.07) is 9.41. The molecule has 0 bridgehead atoms. The van der Waals surface area contributed by atoms with Crippen molar-refractivity contribution in [2.45, 2.75) is 30.1 Å². The van der Waals surface area contributed by atoms with Crippen LogP contribution in [-0.4, -0.2) is 15.8 Å². The Bertz CT molecular complexity index is 983. The number of carbonyl (C=O) groups is 1. The second-order valence-corrected chi connectivity index (χ2v) is 6.87. The van der Waals surface area contributed by atoms with Gasteiger partial charge in [-0.2, -0.15) is 0 Å². The van der Waals surface area contributed by atoms with Gasteiger partial charge >= 0.3 is 0 Å². The molecule has 7 nitrogen and oxygen atoms in total. The Hall–Kier alpha value is -2.77. The van der Waals surface area contributed by atoms with E-state index in [-0.39, 0.29) is 16.8 Å². The smallest absolute Gasteiger partial charge is 0.280 e. The predicted molar refractivity (Wildman–Crippen MR) is 86.2 cm³/mol. The van der Waals surface area contributed by atoms with Crippen molar-refractivity contribution in [2.24, 2.45) is 5.73 Å². The molecule has 1 saturated carbocycles. The Balaban J connectivity index is 1.77. The highest BCUT2D eigenvalue weighted by Gasteiger charge is 2.71. The molecule has 0 amide bonds. The third-order valence-electron chi connectivity index (χ3n) is 5.45. The lowest BCUT2D eigenvalue weighted by Gasteiger charge is -2.29. The molecule has 7 heteroatoms. The van der Waals surface area contributed by atoms with Crippen molar-refractivity contribution in [1.82, 2.24) is 0 Å². The summed E-state index contributed by atoms with van der Waals surface area (Å²) < 4.78 is 5.73. The van der Waals surface area contributed by atoms with Gasteiger partial charge in [0.05, 0.1) is 4.92 Å². The molecule has 1 heterocycles. The van der Waals surface area contributed by atoms with Crippen LogP contribution in [0.25, 0.3) is 0 Å². The zero-order valence-corrected chi connectivity index (χ0v) is 13.1. The van der Waals surface area contributed by atoms with Crippen LogP contribution in [0.4, 0.5) is 5.69 Å². The van der Waals surface area contributed by atoms with E-state index < -0.39 is 22.0 Å². The van der Waals surface area contributed by atoms with Crippen LogP contribution in [0.3, 0.4) is 0 Å². The second kappa shape index (κ2) is 4.25. The fourth-order valence-corrected chi connectivity index (χ4v) is 4.02. The third-order valence-corrected chi connectivity index (χ3v) is 5.45. The molecule has 5 rings (SSSR count). The summed E-state index contributed by atoms with van der Waals surface area (Å²) in [5.74, 6) is -2.10. The maximum atomic E-state index is 13.0. The van der Waals surface area contributed by atoms with E-state index in [1.807, 2.05) is 6.07 Å². The number of nitro groups is 1. The standard InChI is InChI=1S/C18H14N2O5/c19-17-12-7-6-10(9-4-5-9)8-14(12)25-18(17,22)15-11(16(17)21)2-1-3-13(15)20(23)24/h1-3,6-9,22H,4-5,19H2. The molecule has 2 aromatic rings. The highest BCUT2D eigenvalue weighted by atomic mass is 16.6. The van der Waals surface area contributed by atoms with Crippen molar-refractivity contribution in [3.8, 4) is 5.75 Å². The lowest BCUT2D eigenvalue weighted by atomic mass is 9.83. The molecule has 3 aliphatic rings. The Morgan fingerprint density at radius 1 is 1.28 bits per heavy atom. The van der Waals surface area contributed by atoms with E-state index in [0.717, 1.165) is 18.4 Å². The first-order valence-corrected chi connectivity index (χ1v) is 8.05. The maximum absolute atomic E-state index is 13.0. The number of nitro benzene ring substituents is 1. The molecular formula is C18H14N2O5. The summed E-state index contributed by atoms with van der Waals surface area (Å²) in [5, 5.41) is 22.7. The van der Waals surface area contributed by atoms with Crippen molar-refractivity contribution in [2.75, 3.05) is 0 Å². The topological polar surface area (TPSA) is 116 Å². The monoisotopic (exact) mass is 338 g/mol. The molecule has 0 spiro atoms. The van der Waals surface area contributed by atoms with E-state index in [1.165, 1.54) is 18.2 Å². The van der Waals surface area contributed by atoms with Crippen LogP contribution in [0.15, 0.2) is 36.4 Å². The number of hydrogen-bond acceptors (Lipinski definition) is 6. The number of Topliss-reactive ketones (excluding diaryl/α,β-unsaturated/α-hetero) is 1. The average Bonchev–Trinajstić information content (AvgIpc) is 3.38. The number of nitrogens with zero attached hydrogens (tertiary/aromatic N) is 1. The van der Waals surface area contributed by atoms with Crippen LogP contribution in [0.5, 0.6) is 5.75 Å². The number of hydrogen-bond donors (Lipinski definition) is 2. The molecule has 0 aromatic heterocycles. The number of ketones is 1. The minimum absolute atomic E-state index is 0.0242. The number of benzene rings is 2. The Labute approximate surface area is 142 Å². The van der Waals surface area contributed by atoms with E-state index in [1.54, 1.807) is 12.1 Å². The Kier molecular flexibility index (Phi) is 2.47. The van der Waals surface area contributed by atoms with Crippen LogP contribution in [0.2, 0.25) is 0 Å². The molecule has 2 atom stereocenters. The van der Waals surface area contributed by atoms with Gasteiger partial charge in [0, 0.05) is 17.2 Å². The van der Waals surface area contributed by atoms with Gasteiger partial charge in [-0.1, -0.05) is 24.3 Å². The minimum Gasteiger partial charge on any atom is -0.455 e. The first-order chi connectivity index (χ1) is 11.9. The van der Waals surface area contributed by atoms with Crippen molar-refractivity contribution in [3.63, 3.8) is 0 Å². The minimum atomic E-state index is -2.28. The van der Waals surface area contributed by atoms with Gasteiger partial charge in [0.25, 0.3) is 11.5 Å². The number of carbonyl (C=O) groups excluding carboxylic acids is 1. The molecule has 0 saturated heterocycles. The summed E-state index contributed by atoms with van der Waals surface area (Å²) in [5.41, 5.74) is 5.37. The molecule has 126 valence electrons. The van der Waals surface area contributed by atoms with Gasteiger partial charge in [0.1, 0.15) is 11.3 Å². The van der Waals surface area contributed by atoms with Crippen LogP contribution in [-0.2, 0) is 11.3 Å². The van der Waals surface area contributed by atoms with E-state index >= 15 is 0 Å².